The van der Waals surface area contributed by atoms with Crippen molar-refractivity contribution in [2.24, 2.45) is 0 Å². The quantitative estimate of drug-likeness (QED) is 0.652. The van der Waals surface area contributed by atoms with Gasteiger partial charge in [0.1, 0.15) is 0 Å². The molecule has 4 rings (SSSR count). The summed E-state index contributed by atoms with van der Waals surface area (Å²) >= 11 is 3.79. The fourth-order valence-corrected chi connectivity index (χ4v) is 6.05. The van der Waals surface area contributed by atoms with Crippen molar-refractivity contribution in [2.45, 2.75) is 20.3 Å². The SMILES string of the molecule is Cc1cc(C)c2sc3c(c2c1)=C1SC(COCCCN(C)C)=CC=C1C=CC=3. The standard InChI is InChI=1S/C24H27NOS2/c1-16-13-17(2)23-20(14-16)22-21(28-23)8-5-7-18-9-10-19(27-24(18)22)15-26-12-6-11-25(3)4/h5,7-10,13-14H,6,11-12,15H2,1-4H3. The molecule has 2 nitrogen and oxygen atoms in total. The monoisotopic (exact) mass is 409 g/mol. The van der Waals surface area contributed by atoms with E-state index in [0.717, 1.165) is 19.6 Å². The van der Waals surface area contributed by atoms with E-state index < -0.39 is 0 Å². The van der Waals surface area contributed by atoms with Crippen LogP contribution in [0.3, 0.4) is 0 Å². The van der Waals surface area contributed by atoms with Crippen molar-refractivity contribution < 1.29 is 4.74 Å². The van der Waals surface area contributed by atoms with Gasteiger partial charge < -0.3 is 9.64 Å². The molecule has 0 atom stereocenters. The Bertz CT molecular complexity index is 1120. The predicted octanol–water partition coefficient (Wildman–Crippen LogP) is 4.50. The lowest BCUT2D eigenvalue weighted by Crippen LogP contribution is -2.21. The smallest absolute Gasteiger partial charge is 0.0779 e. The van der Waals surface area contributed by atoms with Crippen molar-refractivity contribution >= 4 is 44.2 Å². The van der Waals surface area contributed by atoms with E-state index in [9.17, 15) is 0 Å². The summed E-state index contributed by atoms with van der Waals surface area (Å²) in [7, 11) is 4.20. The Morgan fingerprint density at radius 1 is 1.07 bits per heavy atom. The molecule has 2 aromatic rings. The first-order valence-electron chi connectivity index (χ1n) is 9.77. The molecule has 0 amide bonds. The maximum Gasteiger partial charge on any atom is 0.0779 e. The van der Waals surface area contributed by atoms with Gasteiger partial charge in [-0.15, -0.1) is 11.3 Å². The van der Waals surface area contributed by atoms with Gasteiger partial charge in [0.05, 0.1) is 6.61 Å². The summed E-state index contributed by atoms with van der Waals surface area (Å²) in [6.07, 6.45) is 12.2. The molecule has 1 aromatic heterocycles. The number of hydrogen-bond donors (Lipinski definition) is 0. The highest BCUT2D eigenvalue weighted by Gasteiger charge is 2.17. The predicted molar refractivity (Wildman–Crippen MR) is 125 cm³/mol. The van der Waals surface area contributed by atoms with Crippen molar-refractivity contribution in [3.63, 3.8) is 0 Å². The minimum absolute atomic E-state index is 0.689. The highest BCUT2D eigenvalue weighted by molar-refractivity contribution is 8.11. The number of nitrogens with zero attached hydrogens (tertiary/aromatic N) is 1. The highest BCUT2D eigenvalue weighted by atomic mass is 32.2. The van der Waals surface area contributed by atoms with Gasteiger partial charge in [0.15, 0.2) is 0 Å². The second-order valence-corrected chi connectivity index (χ2v) is 9.91. The van der Waals surface area contributed by atoms with E-state index in [0.29, 0.717) is 6.61 Å². The van der Waals surface area contributed by atoms with E-state index in [-0.39, 0.29) is 0 Å². The van der Waals surface area contributed by atoms with Gasteiger partial charge in [-0.1, -0.05) is 41.6 Å². The molecule has 0 unspecified atom stereocenters. The zero-order chi connectivity index (χ0) is 19.7. The minimum Gasteiger partial charge on any atom is -0.376 e. The van der Waals surface area contributed by atoms with Gasteiger partial charge in [-0.25, -0.2) is 0 Å². The number of rotatable bonds is 6. The zero-order valence-electron chi connectivity index (χ0n) is 17.0. The lowest BCUT2D eigenvalue weighted by molar-refractivity contribution is 0.150. The summed E-state index contributed by atoms with van der Waals surface area (Å²) in [6.45, 7) is 6.98. The Morgan fingerprint density at radius 2 is 1.93 bits per heavy atom. The van der Waals surface area contributed by atoms with Gasteiger partial charge in [-0.3, -0.25) is 0 Å². The zero-order valence-corrected chi connectivity index (χ0v) is 18.7. The molecule has 1 aliphatic heterocycles. The van der Waals surface area contributed by atoms with Crippen LogP contribution in [0.25, 0.3) is 21.1 Å². The van der Waals surface area contributed by atoms with Gasteiger partial charge in [0.2, 0.25) is 0 Å². The minimum atomic E-state index is 0.689. The summed E-state index contributed by atoms with van der Waals surface area (Å²) in [5, 5.41) is 2.78. The third-order valence-electron chi connectivity index (χ3n) is 4.98. The van der Waals surface area contributed by atoms with Crippen LogP contribution < -0.4 is 9.75 Å². The number of ether oxygens (including phenoxy) is 1. The molecule has 4 heteroatoms. The molecule has 2 heterocycles. The van der Waals surface area contributed by atoms with Crippen molar-refractivity contribution in [3.8, 4) is 0 Å². The first-order chi connectivity index (χ1) is 13.5. The Kier molecular flexibility index (Phi) is 5.93. The van der Waals surface area contributed by atoms with E-state index in [2.05, 4.69) is 75.4 Å². The first kappa shape index (κ1) is 19.7. The highest BCUT2D eigenvalue weighted by Crippen LogP contribution is 2.37. The number of aryl methyl sites for hydroxylation is 2. The number of benzene rings is 1. The molecular formula is C24H27NOS2. The molecular weight excluding hydrogens is 382 g/mol. The van der Waals surface area contributed by atoms with E-state index in [4.69, 9.17) is 4.74 Å². The molecule has 28 heavy (non-hydrogen) atoms. The summed E-state index contributed by atoms with van der Waals surface area (Å²) in [4.78, 5) is 4.85. The second kappa shape index (κ2) is 8.42. The normalized spacial score (nSPS) is 15.8. The molecule has 1 aromatic carbocycles. The van der Waals surface area contributed by atoms with Crippen LogP contribution in [0, 0.1) is 13.8 Å². The van der Waals surface area contributed by atoms with Crippen LogP contribution in [0.1, 0.15) is 17.5 Å². The van der Waals surface area contributed by atoms with Gasteiger partial charge in [0, 0.05) is 36.3 Å². The third kappa shape index (κ3) is 4.06. The number of hydrogen-bond acceptors (Lipinski definition) is 4. The van der Waals surface area contributed by atoms with Gasteiger partial charge in [0.25, 0.3) is 0 Å². The van der Waals surface area contributed by atoms with Crippen LogP contribution >= 0.6 is 23.1 Å². The number of allylic oxidation sites excluding steroid dienone is 4. The summed E-state index contributed by atoms with van der Waals surface area (Å²) < 4.78 is 8.72. The number of fused-ring (bicyclic) bond motifs is 4. The maximum absolute atomic E-state index is 5.95. The fourth-order valence-electron chi connectivity index (χ4n) is 3.70. The average Bonchev–Trinajstić information content (AvgIpc) is 2.90. The molecule has 146 valence electrons. The molecule has 0 saturated heterocycles. The molecule has 2 aliphatic rings. The van der Waals surface area contributed by atoms with E-state index in [1.807, 2.05) is 23.1 Å². The Balaban J connectivity index is 1.68. The van der Waals surface area contributed by atoms with Crippen LogP contribution in [0.2, 0.25) is 0 Å². The third-order valence-corrected chi connectivity index (χ3v) is 7.45. The van der Waals surface area contributed by atoms with E-state index >= 15 is 0 Å². The molecule has 0 N–H and O–H groups in total. The van der Waals surface area contributed by atoms with Gasteiger partial charge in [-0.05, 0) is 70.3 Å². The molecule has 0 radical (unpaired) electrons. The van der Waals surface area contributed by atoms with Crippen LogP contribution in [0.5, 0.6) is 0 Å². The van der Waals surface area contributed by atoms with Crippen molar-refractivity contribution in [3.05, 3.63) is 67.8 Å². The molecule has 1 aliphatic carbocycles. The summed E-state index contributed by atoms with van der Waals surface area (Å²) in [6, 6.07) is 4.63. The van der Waals surface area contributed by atoms with E-state index in [1.54, 1.807) is 0 Å². The largest absolute Gasteiger partial charge is 0.376 e. The molecule has 0 saturated carbocycles. The van der Waals surface area contributed by atoms with Crippen molar-refractivity contribution in [2.75, 3.05) is 33.9 Å². The molecule has 0 bridgehead atoms. The van der Waals surface area contributed by atoms with Crippen molar-refractivity contribution in [1.82, 2.24) is 4.90 Å². The lowest BCUT2D eigenvalue weighted by Gasteiger charge is -2.16. The van der Waals surface area contributed by atoms with Gasteiger partial charge >= 0.3 is 0 Å². The van der Waals surface area contributed by atoms with Crippen LogP contribution in [0.15, 0.2) is 46.9 Å². The van der Waals surface area contributed by atoms with Crippen molar-refractivity contribution in [1.29, 1.82) is 0 Å². The van der Waals surface area contributed by atoms with Gasteiger partial charge in [-0.2, -0.15) is 0 Å². The maximum atomic E-state index is 5.95. The topological polar surface area (TPSA) is 12.5 Å². The summed E-state index contributed by atoms with van der Waals surface area (Å²) in [5.74, 6) is 0. The van der Waals surface area contributed by atoms with Crippen LogP contribution in [-0.2, 0) is 4.74 Å². The number of thiophene rings is 1. The first-order valence-corrected chi connectivity index (χ1v) is 11.4. The van der Waals surface area contributed by atoms with E-state index in [1.165, 1.54) is 46.3 Å². The Labute approximate surface area is 175 Å². The number of thioether (sulfide) groups is 1. The molecule has 0 fully saturated rings. The van der Waals surface area contributed by atoms with Crippen LogP contribution in [0.4, 0.5) is 0 Å². The molecule has 0 spiro atoms. The van der Waals surface area contributed by atoms with Crippen LogP contribution in [-0.4, -0.2) is 38.8 Å². The fraction of sp³-hybridized carbons (Fsp3) is 0.333. The average molecular weight is 410 g/mol. The Hall–Kier alpha value is -1.59. The summed E-state index contributed by atoms with van der Waals surface area (Å²) in [5.41, 5.74) is 4.00. The second-order valence-electron chi connectivity index (χ2n) is 7.72. The Morgan fingerprint density at radius 3 is 2.75 bits per heavy atom. The lowest BCUT2D eigenvalue weighted by atomic mass is 10.1.